The van der Waals surface area contributed by atoms with Gasteiger partial charge >= 0.3 is 0 Å². The Labute approximate surface area is 117 Å². The highest BCUT2D eigenvalue weighted by Crippen LogP contribution is 2.31. The van der Waals surface area contributed by atoms with Gasteiger partial charge in [0, 0.05) is 18.5 Å². The molecule has 2 N–H and O–H groups in total. The average molecular weight is 267 g/mol. The quantitative estimate of drug-likeness (QED) is 0.789. The van der Waals surface area contributed by atoms with Crippen molar-refractivity contribution < 1.29 is 4.74 Å². The van der Waals surface area contributed by atoms with E-state index in [9.17, 15) is 0 Å². The minimum atomic E-state index is 0.522. The van der Waals surface area contributed by atoms with Crippen LogP contribution in [-0.4, -0.2) is 9.78 Å². The number of aryl methyl sites for hydroxylation is 1. The molecule has 0 aliphatic rings. The van der Waals surface area contributed by atoms with Crippen molar-refractivity contribution in [3.63, 3.8) is 0 Å². The summed E-state index contributed by atoms with van der Waals surface area (Å²) in [4.78, 5) is 0. The van der Waals surface area contributed by atoms with E-state index >= 15 is 0 Å². The Morgan fingerprint density at radius 2 is 1.95 bits per heavy atom. The van der Waals surface area contributed by atoms with Gasteiger partial charge in [-0.15, -0.1) is 0 Å². The molecule has 102 valence electrons. The van der Waals surface area contributed by atoms with Crippen molar-refractivity contribution in [2.45, 2.75) is 20.0 Å². The van der Waals surface area contributed by atoms with Crippen molar-refractivity contribution >= 4 is 10.8 Å². The fourth-order valence-electron chi connectivity index (χ4n) is 2.30. The van der Waals surface area contributed by atoms with Crippen molar-refractivity contribution in [1.29, 1.82) is 0 Å². The third-order valence-electron chi connectivity index (χ3n) is 3.36. The third-order valence-corrected chi connectivity index (χ3v) is 3.36. The van der Waals surface area contributed by atoms with Crippen LogP contribution in [0.2, 0.25) is 0 Å². The molecule has 0 aliphatic heterocycles. The van der Waals surface area contributed by atoms with Crippen LogP contribution in [-0.2, 0) is 13.1 Å². The number of hydrogen-bond donors (Lipinski definition) is 1. The summed E-state index contributed by atoms with van der Waals surface area (Å²) in [7, 11) is 0. The predicted octanol–water partition coefficient (Wildman–Crippen LogP) is 3.31. The number of nitrogens with two attached hydrogens (primary N) is 1. The molecule has 3 aromatic rings. The van der Waals surface area contributed by atoms with Gasteiger partial charge in [0.15, 0.2) is 5.75 Å². The van der Waals surface area contributed by atoms with Gasteiger partial charge in [-0.3, -0.25) is 4.68 Å². The molecular formula is C16H17N3O. The largest absolute Gasteiger partial charge is 0.453 e. The highest BCUT2D eigenvalue weighted by molar-refractivity contribution is 5.91. The van der Waals surface area contributed by atoms with Gasteiger partial charge in [-0.05, 0) is 23.9 Å². The summed E-state index contributed by atoms with van der Waals surface area (Å²) in [6.45, 7) is 3.40. The van der Waals surface area contributed by atoms with Gasteiger partial charge in [0.2, 0.25) is 0 Å². The van der Waals surface area contributed by atoms with E-state index in [4.69, 9.17) is 10.5 Å². The van der Waals surface area contributed by atoms with E-state index < -0.39 is 0 Å². The first kappa shape index (κ1) is 12.7. The van der Waals surface area contributed by atoms with Crippen molar-refractivity contribution in [2.75, 3.05) is 0 Å². The molecule has 20 heavy (non-hydrogen) atoms. The van der Waals surface area contributed by atoms with Crippen LogP contribution in [0.15, 0.2) is 48.8 Å². The van der Waals surface area contributed by atoms with Gasteiger partial charge in [-0.1, -0.05) is 30.3 Å². The number of fused-ring (bicyclic) bond motifs is 1. The van der Waals surface area contributed by atoms with E-state index in [1.165, 1.54) is 0 Å². The van der Waals surface area contributed by atoms with Gasteiger partial charge in [0.1, 0.15) is 5.75 Å². The van der Waals surface area contributed by atoms with Crippen LogP contribution in [0.5, 0.6) is 11.5 Å². The summed E-state index contributed by atoms with van der Waals surface area (Å²) in [6.07, 6.45) is 3.63. The lowest BCUT2D eigenvalue weighted by Crippen LogP contribution is -1.97. The Hall–Kier alpha value is -2.33. The fourth-order valence-corrected chi connectivity index (χ4v) is 2.30. The Kier molecular flexibility index (Phi) is 3.39. The van der Waals surface area contributed by atoms with E-state index in [2.05, 4.69) is 11.2 Å². The minimum absolute atomic E-state index is 0.522. The summed E-state index contributed by atoms with van der Waals surface area (Å²) >= 11 is 0. The lowest BCUT2D eigenvalue weighted by atomic mass is 10.0. The van der Waals surface area contributed by atoms with Crippen molar-refractivity contribution in [2.24, 2.45) is 5.73 Å². The molecule has 3 rings (SSSR count). The van der Waals surface area contributed by atoms with E-state index in [1.54, 1.807) is 6.20 Å². The molecule has 0 aliphatic carbocycles. The first-order valence-corrected chi connectivity index (χ1v) is 6.73. The molecule has 1 aromatic heterocycles. The zero-order chi connectivity index (χ0) is 13.9. The average Bonchev–Trinajstić information content (AvgIpc) is 2.95. The van der Waals surface area contributed by atoms with Gasteiger partial charge in [-0.2, -0.15) is 5.10 Å². The molecule has 4 heteroatoms. The van der Waals surface area contributed by atoms with Gasteiger partial charge < -0.3 is 10.5 Å². The van der Waals surface area contributed by atoms with E-state index in [-0.39, 0.29) is 0 Å². The zero-order valence-corrected chi connectivity index (χ0v) is 11.4. The zero-order valence-electron chi connectivity index (χ0n) is 11.4. The number of nitrogens with zero attached hydrogens (tertiary/aromatic N) is 2. The van der Waals surface area contributed by atoms with Gasteiger partial charge in [-0.25, -0.2) is 0 Å². The highest BCUT2D eigenvalue weighted by atomic mass is 16.5. The molecule has 0 saturated carbocycles. The van der Waals surface area contributed by atoms with Crippen molar-refractivity contribution in [1.82, 2.24) is 9.78 Å². The summed E-state index contributed by atoms with van der Waals surface area (Å²) in [5, 5.41) is 6.42. The third kappa shape index (κ3) is 2.26. The van der Waals surface area contributed by atoms with Crippen LogP contribution in [0.4, 0.5) is 0 Å². The van der Waals surface area contributed by atoms with Crippen LogP contribution < -0.4 is 10.5 Å². The molecule has 2 aromatic carbocycles. The van der Waals surface area contributed by atoms with E-state index in [1.807, 2.05) is 48.1 Å². The molecule has 0 atom stereocenters. The molecular weight excluding hydrogens is 250 g/mol. The Bertz CT molecular complexity index is 733. The van der Waals surface area contributed by atoms with Crippen LogP contribution in [0, 0.1) is 0 Å². The van der Waals surface area contributed by atoms with Crippen LogP contribution >= 0.6 is 0 Å². The number of ether oxygens (including phenoxy) is 1. The predicted molar refractivity (Wildman–Crippen MR) is 79.8 cm³/mol. The molecule has 4 nitrogen and oxygen atoms in total. The van der Waals surface area contributed by atoms with Crippen LogP contribution in [0.3, 0.4) is 0 Å². The van der Waals surface area contributed by atoms with Gasteiger partial charge in [0.05, 0.1) is 12.4 Å². The number of aromatic nitrogens is 2. The Morgan fingerprint density at radius 3 is 2.65 bits per heavy atom. The lowest BCUT2D eigenvalue weighted by Gasteiger charge is -2.10. The fraction of sp³-hybridized carbons (Fsp3) is 0.188. The van der Waals surface area contributed by atoms with Crippen molar-refractivity contribution in [3.05, 3.63) is 54.4 Å². The molecule has 0 radical (unpaired) electrons. The molecule has 0 unspecified atom stereocenters. The number of rotatable bonds is 4. The monoisotopic (exact) mass is 267 g/mol. The molecule has 0 bridgehead atoms. The maximum atomic E-state index is 5.95. The van der Waals surface area contributed by atoms with Crippen LogP contribution in [0.1, 0.15) is 12.5 Å². The second-order valence-corrected chi connectivity index (χ2v) is 4.61. The molecule has 0 fully saturated rings. The summed E-state index contributed by atoms with van der Waals surface area (Å²) in [5.41, 5.74) is 6.91. The SMILES string of the molecule is CCn1cc(Oc2ccc(CN)c3ccccc23)cn1. The molecule has 0 amide bonds. The second-order valence-electron chi connectivity index (χ2n) is 4.61. The van der Waals surface area contributed by atoms with Crippen molar-refractivity contribution in [3.8, 4) is 11.5 Å². The minimum Gasteiger partial charge on any atom is -0.453 e. The lowest BCUT2D eigenvalue weighted by molar-refractivity contribution is 0.486. The first-order chi connectivity index (χ1) is 9.81. The molecule has 1 heterocycles. The normalized spacial score (nSPS) is 10.9. The van der Waals surface area contributed by atoms with E-state index in [0.29, 0.717) is 6.54 Å². The van der Waals surface area contributed by atoms with Gasteiger partial charge in [0.25, 0.3) is 0 Å². The second kappa shape index (κ2) is 5.35. The summed E-state index contributed by atoms with van der Waals surface area (Å²) in [5.74, 6) is 1.57. The first-order valence-electron chi connectivity index (χ1n) is 6.73. The molecule has 0 spiro atoms. The molecule has 0 saturated heterocycles. The maximum Gasteiger partial charge on any atom is 0.165 e. The number of benzene rings is 2. The number of hydrogen-bond acceptors (Lipinski definition) is 3. The topological polar surface area (TPSA) is 53.1 Å². The Morgan fingerprint density at radius 1 is 1.15 bits per heavy atom. The smallest absolute Gasteiger partial charge is 0.165 e. The van der Waals surface area contributed by atoms with E-state index in [0.717, 1.165) is 34.4 Å². The standard InChI is InChI=1S/C16H17N3O/c1-2-19-11-13(10-18-19)20-16-8-7-12(9-17)14-5-3-4-6-15(14)16/h3-8,10-11H,2,9,17H2,1H3. The highest BCUT2D eigenvalue weighted by Gasteiger charge is 2.07. The maximum absolute atomic E-state index is 5.95. The summed E-state index contributed by atoms with van der Waals surface area (Å²) < 4.78 is 7.79. The Balaban J connectivity index is 2.03. The van der Waals surface area contributed by atoms with Crippen LogP contribution in [0.25, 0.3) is 10.8 Å². The summed E-state index contributed by atoms with van der Waals surface area (Å²) in [6, 6.07) is 12.1.